The van der Waals surface area contributed by atoms with E-state index in [4.69, 9.17) is 0 Å². The molecule has 6 heteroatoms. The standard InChI is InChI=1S/C14H11N3O3/c18-8-12-11-2-1-10(7-9(11)3-5-15-12)17-6-4-13(19)16-14(17)20/h1-3,5,7-8H,4,6H2,(H,16,19,20). The van der Waals surface area contributed by atoms with Crippen molar-refractivity contribution in [2.75, 3.05) is 11.4 Å². The molecule has 2 heterocycles. The molecule has 3 amide bonds. The number of hydrogen-bond donors (Lipinski definition) is 1. The van der Waals surface area contributed by atoms with Gasteiger partial charge in [0, 0.05) is 30.2 Å². The van der Waals surface area contributed by atoms with Crippen LogP contribution in [0.15, 0.2) is 30.5 Å². The van der Waals surface area contributed by atoms with Crippen molar-refractivity contribution in [3.8, 4) is 0 Å². The predicted octanol–water partition coefficient (Wildman–Crippen LogP) is 1.49. The third kappa shape index (κ3) is 2.01. The molecular weight excluding hydrogens is 258 g/mol. The summed E-state index contributed by atoms with van der Waals surface area (Å²) in [7, 11) is 0. The SMILES string of the molecule is O=Cc1nccc2cc(N3CCC(=O)NC3=O)ccc12. The fourth-order valence-corrected chi connectivity index (χ4v) is 2.26. The molecule has 2 aromatic rings. The molecule has 0 spiro atoms. The number of rotatable bonds is 2. The number of carbonyl (C=O) groups is 3. The molecule has 0 saturated carbocycles. The van der Waals surface area contributed by atoms with E-state index in [1.54, 1.807) is 30.5 Å². The molecule has 100 valence electrons. The first-order valence-electron chi connectivity index (χ1n) is 6.14. The Morgan fingerprint density at radius 3 is 2.85 bits per heavy atom. The molecule has 0 atom stereocenters. The van der Waals surface area contributed by atoms with Gasteiger partial charge in [-0.3, -0.25) is 24.8 Å². The van der Waals surface area contributed by atoms with E-state index in [-0.39, 0.29) is 12.3 Å². The molecule has 1 saturated heterocycles. The van der Waals surface area contributed by atoms with Gasteiger partial charge >= 0.3 is 6.03 Å². The smallest absolute Gasteiger partial charge is 0.296 e. The van der Waals surface area contributed by atoms with Crippen LogP contribution in [-0.4, -0.2) is 29.8 Å². The van der Waals surface area contributed by atoms with E-state index in [0.29, 0.717) is 24.2 Å². The summed E-state index contributed by atoms with van der Waals surface area (Å²) >= 11 is 0. The van der Waals surface area contributed by atoms with Gasteiger partial charge in [-0.15, -0.1) is 0 Å². The zero-order valence-electron chi connectivity index (χ0n) is 10.5. The van der Waals surface area contributed by atoms with Gasteiger partial charge in [0.25, 0.3) is 0 Å². The van der Waals surface area contributed by atoms with E-state index in [0.717, 1.165) is 10.8 Å². The largest absolute Gasteiger partial charge is 0.328 e. The Morgan fingerprint density at radius 2 is 2.10 bits per heavy atom. The first kappa shape index (κ1) is 12.3. The van der Waals surface area contributed by atoms with Crippen molar-refractivity contribution in [3.05, 3.63) is 36.2 Å². The predicted molar refractivity (Wildman–Crippen MR) is 72.6 cm³/mol. The molecule has 3 rings (SSSR count). The first-order valence-corrected chi connectivity index (χ1v) is 6.14. The van der Waals surface area contributed by atoms with Crippen molar-refractivity contribution in [2.45, 2.75) is 6.42 Å². The summed E-state index contributed by atoms with van der Waals surface area (Å²) in [6.07, 6.45) is 2.53. The number of nitrogens with one attached hydrogen (secondary N) is 1. The second-order valence-corrected chi connectivity index (χ2v) is 4.47. The number of carbonyl (C=O) groups excluding carboxylic acids is 3. The average Bonchev–Trinajstić information content (AvgIpc) is 2.46. The minimum absolute atomic E-state index is 0.264. The van der Waals surface area contributed by atoms with Crippen LogP contribution in [0.5, 0.6) is 0 Å². The fraction of sp³-hybridized carbons (Fsp3) is 0.143. The fourth-order valence-electron chi connectivity index (χ4n) is 2.26. The minimum atomic E-state index is -0.426. The van der Waals surface area contributed by atoms with E-state index in [9.17, 15) is 14.4 Å². The van der Waals surface area contributed by atoms with Crippen LogP contribution in [0.1, 0.15) is 16.9 Å². The highest BCUT2D eigenvalue weighted by Crippen LogP contribution is 2.24. The van der Waals surface area contributed by atoms with E-state index >= 15 is 0 Å². The number of fused-ring (bicyclic) bond motifs is 1. The summed E-state index contributed by atoms with van der Waals surface area (Å²) in [4.78, 5) is 39.3. The normalized spacial score (nSPS) is 15.3. The average molecular weight is 269 g/mol. The van der Waals surface area contributed by atoms with Gasteiger partial charge in [0.1, 0.15) is 5.69 Å². The second-order valence-electron chi connectivity index (χ2n) is 4.47. The van der Waals surface area contributed by atoms with E-state index in [2.05, 4.69) is 10.3 Å². The first-order chi connectivity index (χ1) is 9.69. The van der Waals surface area contributed by atoms with Gasteiger partial charge in [0.15, 0.2) is 6.29 Å². The van der Waals surface area contributed by atoms with Crippen molar-refractivity contribution < 1.29 is 14.4 Å². The second kappa shape index (κ2) is 4.73. The van der Waals surface area contributed by atoms with Crippen LogP contribution in [0.4, 0.5) is 10.5 Å². The number of aldehydes is 1. The van der Waals surface area contributed by atoms with Gasteiger partial charge in [-0.05, 0) is 23.6 Å². The van der Waals surface area contributed by atoms with Crippen molar-refractivity contribution >= 4 is 34.7 Å². The lowest BCUT2D eigenvalue weighted by Gasteiger charge is -2.26. The van der Waals surface area contributed by atoms with Crippen LogP contribution in [0.2, 0.25) is 0 Å². The quantitative estimate of drug-likeness (QED) is 0.838. The highest BCUT2D eigenvalue weighted by atomic mass is 16.2. The summed E-state index contributed by atoms with van der Waals surface area (Å²) in [5, 5.41) is 3.84. The Morgan fingerprint density at radius 1 is 1.25 bits per heavy atom. The molecule has 0 bridgehead atoms. The van der Waals surface area contributed by atoms with Gasteiger partial charge in [0.2, 0.25) is 5.91 Å². The van der Waals surface area contributed by atoms with E-state index in [1.807, 2.05) is 0 Å². The molecule has 0 unspecified atom stereocenters. The van der Waals surface area contributed by atoms with Crippen LogP contribution >= 0.6 is 0 Å². The van der Waals surface area contributed by atoms with Crippen molar-refractivity contribution in [2.24, 2.45) is 0 Å². The summed E-state index contributed by atoms with van der Waals surface area (Å²) in [6.45, 7) is 0.349. The maximum atomic E-state index is 11.8. The Balaban J connectivity index is 2.03. The number of benzene rings is 1. The molecule has 1 aliphatic rings. The highest BCUT2D eigenvalue weighted by Gasteiger charge is 2.24. The Hall–Kier alpha value is -2.76. The number of aromatic nitrogens is 1. The summed E-state index contributed by atoms with van der Waals surface area (Å²) < 4.78 is 0. The minimum Gasteiger partial charge on any atom is -0.296 e. The summed E-state index contributed by atoms with van der Waals surface area (Å²) in [6, 6.07) is 6.65. The number of urea groups is 1. The number of amides is 3. The molecule has 0 radical (unpaired) electrons. The van der Waals surface area contributed by atoms with Gasteiger partial charge < -0.3 is 0 Å². The summed E-state index contributed by atoms with van der Waals surface area (Å²) in [5.41, 5.74) is 1.05. The van der Waals surface area contributed by atoms with Crippen LogP contribution in [-0.2, 0) is 4.79 Å². The maximum Gasteiger partial charge on any atom is 0.328 e. The Bertz CT molecular complexity index is 727. The molecule has 1 aliphatic heterocycles. The number of hydrogen-bond acceptors (Lipinski definition) is 4. The molecule has 1 fully saturated rings. The highest BCUT2D eigenvalue weighted by molar-refractivity contribution is 6.07. The third-order valence-electron chi connectivity index (χ3n) is 3.26. The Kier molecular flexibility index (Phi) is 2.90. The maximum absolute atomic E-state index is 11.8. The molecule has 6 nitrogen and oxygen atoms in total. The van der Waals surface area contributed by atoms with Crippen molar-refractivity contribution in [3.63, 3.8) is 0 Å². The van der Waals surface area contributed by atoms with Crippen LogP contribution in [0.3, 0.4) is 0 Å². The van der Waals surface area contributed by atoms with Crippen molar-refractivity contribution in [1.82, 2.24) is 10.3 Å². The zero-order chi connectivity index (χ0) is 14.1. The lowest BCUT2D eigenvalue weighted by atomic mass is 10.1. The van der Waals surface area contributed by atoms with Crippen LogP contribution < -0.4 is 10.2 Å². The zero-order valence-corrected chi connectivity index (χ0v) is 10.5. The number of anilines is 1. The van der Waals surface area contributed by atoms with Gasteiger partial charge in [-0.1, -0.05) is 6.07 Å². The molecule has 20 heavy (non-hydrogen) atoms. The number of pyridine rings is 1. The topological polar surface area (TPSA) is 79.4 Å². The van der Waals surface area contributed by atoms with Gasteiger partial charge in [-0.2, -0.15) is 0 Å². The third-order valence-corrected chi connectivity index (χ3v) is 3.26. The lowest BCUT2D eigenvalue weighted by molar-refractivity contribution is -0.120. The lowest BCUT2D eigenvalue weighted by Crippen LogP contribution is -2.49. The van der Waals surface area contributed by atoms with Crippen LogP contribution in [0, 0.1) is 0 Å². The monoisotopic (exact) mass is 269 g/mol. The Labute approximate surface area is 114 Å². The van der Waals surface area contributed by atoms with Gasteiger partial charge in [-0.25, -0.2) is 4.79 Å². The number of imide groups is 1. The van der Waals surface area contributed by atoms with Crippen LogP contribution in [0.25, 0.3) is 10.8 Å². The molecular formula is C14H11N3O3. The molecule has 0 aliphatic carbocycles. The molecule has 1 aromatic heterocycles. The summed E-state index contributed by atoms with van der Waals surface area (Å²) in [5.74, 6) is -0.264. The van der Waals surface area contributed by atoms with Gasteiger partial charge in [0.05, 0.1) is 0 Å². The molecule has 1 aromatic carbocycles. The van der Waals surface area contributed by atoms with Crippen molar-refractivity contribution in [1.29, 1.82) is 0 Å². The van der Waals surface area contributed by atoms with E-state index < -0.39 is 6.03 Å². The van der Waals surface area contributed by atoms with E-state index in [1.165, 1.54) is 4.90 Å². The number of nitrogens with zero attached hydrogens (tertiary/aromatic N) is 2. The molecule has 1 N–H and O–H groups in total.